The summed E-state index contributed by atoms with van der Waals surface area (Å²) >= 11 is 5.77. The van der Waals surface area contributed by atoms with Crippen LogP contribution in [0.15, 0.2) is 48.7 Å². The predicted molar refractivity (Wildman–Crippen MR) is 71.5 cm³/mol. The van der Waals surface area contributed by atoms with Crippen molar-refractivity contribution in [1.82, 2.24) is 10.3 Å². The number of anilines is 1. The molecule has 2 aromatic rings. The molecule has 5 heteroatoms. The van der Waals surface area contributed by atoms with E-state index in [1.54, 1.807) is 30.5 Å². The van der Waals surface area contributed by atoms with E-state index in [0.29, 0.717) is 17.4 Å². The van der Waals surface area contributed by atoms with Crippen LogP contribution in [0.4, 0.5) is 10.6 Å². The lowest BCUT2D eigenvalue weighted by molar-refractivity contribution is 0.251. The monoisotopic (exact) mass is 261 g/mol. The molecule has 2 N–H and O–H groups in total. The lowest BCUT2D eigenvalue weighted by Gasteiger charge is -2.06. The summed E-state index contributed by atoms with van der Waals surface area (Å²) in [5.74, 6) is 0.520. The number of halogens is 1. The Morgan fingerprint density at radius 1 is 1.17 bits per heavy atom. The normalized spacial score (nSPS) is 9.83. The SMILES string of the molecule is O=C(NCc1ccc(Cl)cc1)Nc1ccccn1. The first-order valence-electron chi connectivity index (χ1n) is 5.44. The van der Waals surface area contributed by atoms with Crippen LogP contribution >= 0.6 is 11.6 Å². The van der Waals surface area contributed by atoms with Crippen LogP contribution in [0, 0.1) is 0 Å². The van der Waals surface area contributed by atoms with Crippen LogP contribution in [-0.4, -0.2) is 11.0 Å². The highest BCUT2D eigenvalue weighted by Crippen LogP contribution is 2.09. The third-order valence-corrected chi connectivity index (χ3v) is 2.52. The zero-order chi connectivity index (χ0) is 12.8. The molecule has 0 aliphatic carbocycles. The summed E-state index contributed by atoms with van der Waals surface area (Å²) in [5, 5.41) is 6.05. The van der Waals surface area contributed by atoms with Crippen molar-refractivity contribution < 1.29 is 4.79 Å². The van der Waals surface area contributed by atoms with Crippen LogP contribution in [0.1, 0.15) is 5.56 Å². The number of benzene rings is 1. The zero-order valence-electron chi connectivity index (χ0n) is 9.56. The minimum absolute atomic E-state index is 0.288. The third-order valence-electron chi connectivity index (χ3n) is 2.27. The highest BCUT2D eigenvalue weighted by Gasteiger charge is 2.01. The summed E-state index contributed by atoms with van der Waals surface area (Å²) in [4.78, 5) is 15.6. The summed E-state index contributed by atoms with van der Waals surface area (Å²) in [5.41, 5.74) is 0.982. The van der Waals surface area contributed by atoms with Crippen molar-refractivity contribution in [3.63, 3.8) is 0 Å². The van der Waals surface area contributed by atoms with E-state index >= 15 is 0 Å². The molecule has 0 aliphatic heterocycles. The minimum atomic E-state index is -0.288. The molecule has 0 aliphatic rings. The summed E-state index contributed by atoms with van der Waals surface area (Å²) < 4.78 is 0. The second-order valence-electron chi connectivity index (χ2n) is 3.65. The molecule has 1 aromatic carbocycles. The van der Waals surface area contributed by atoms with Gasteiger partial charge in [0.2, 0.25) is 0 Å². The van der Waals surface area contributed by atoms with Gasteiger partial charge in [-0.15, -0.1) is 0 Å². The lowest BCUT2D eigenvalue weighted by atomic mass is 10.2. The Morgan fingerprint density at radius 2 is 1.94 bits per heavy atom. The molecule has 1 heterocycles. The molecular weight excluding hydrogens is 250 g/mol. The molecule has 1 aromatic heterocycles. The van der Waals surface area contributed by atoms with Gasteiger partial charge in [-0.2, -0.15) is 0 Å². The summed E-state index contributed by atoms with van der Waals surface area (Å²) in [7, 11) is 0. The lowest BCUT2D eigenvalue weighted by Crippen LogP contribution is -2.28. The van der Waals surface area contributed by atoms with E-state index in [4.69, 9.17) is 11.6 Å². The minimum Gasteiger partial charge on any atom is -0.334 e. The fourth-order valence-electron chi connectivity index (χ4n) is 1.38. The maximum atomic E-state index is 11.6. The molecule has 92 valence electrons. The van der Waals surface area contributed by atoms with Gasteiger partial charge >= 0.3 is 6.03 Å². The zero-order valence-corrected chi connectivity index (χ0v) is 10.3. The first-order valence-corrected chi connectivity index (χ1v) is 5.82. The van der Waals surface area contributed by atoms with Crippen molar-refractivity contribution >= 4 is 23.4 Å². The number of nitrogens with one attached hydrogen (secondary N) is 2. The number of amides is 2. The van der Waals surface area contributed by atoms with Crippen LogP contribution < -0.4 is 10.6 Å². The summed E-state index contributed by atoms with van der Waals surface area (Å²) in [6.45, 7) is 0.440. The number of carbonyl (C=O) groups excluding carboxylic acids is 1. The molecule has 2 amide bonds. The van der Waals surface area contributed by atoms with E-state index < -0.39 is 0 Å². The average Bonchev–Trinajstić information content (AvgIpc) is 2.39. The van der Waals surface area contributed by atoms with Gasteiger partial charge in [0.25, 0.3) is 0 Å². The molecule has 0 atom stereocenters. The Kier molecular flexibility index (Phi) is 4.15. The number of urea groups is 1. The van der Waals surface area contributed by atoms with E-state index in [-0.39, 0.29) is 6.03 Å². The number of hydrogen-bond acceptors (Lipinski definition) is 2. The summed E-state index contributed by atoms with van der Waals surface area (Å²) in [6.07, 6.45) is 1.62. The quantitative estimate of drug-likeness (QED) is 0.892. The van der Waals surface area contributed by atoms with Crippen molar-refractivity contribution in [3.8, 4) is 0 Å². The third kappa shape index (κ3) is 3.75. The van der Waals surface area contributed by atoms with Gasteiger partial charge in [-0.3, -0.25) is 5.32 Å². The second-order valence-corrected chi connectivity index (χ2v) is 4.09. The van der Waals surface area contributed by atoms with E-state index in [2.05, 4.69) is 15.6 Å². The van der Waals surface area contributed by atoms with Crippen LogP contribution in [0.2, 0.25) is 5.02 Å². The van der Waals surface area contributed by atoms with Gasteiger partial charge in [-0.05, 0) is 29.8 Å². The van der Waals surface area contributed by atoms with Gasteiger partial charge in [0.1, 0.15) is 5.82 Å². The van der Waals surface area contributed by atoms with Crippen molar-refractivity contribution in [2.24, 2.45) is 0 Å². The molecule has 0 spiro atoms. The van der Waals surface area contributed by atoms with Crippen molar-refractivity contribution in [1.29, 1.82) is 0 Å². The number of nitrogens with zero attached hydrogens (tertiary/aromatic N) is 1. The molecule has 0 saturated carbocycles. The molecular formula is C13H12ClN3O. The van der Waals surface area contributed by atoms with Crippen LogP contribution in [0.3, 0.4) is 0 Å². The van der Waals surface area contributed by atoms with E-state index in [0.717, 1.165) is 5.56 Å². The average molecular weight is 262 g/mol. The standard InChI is InChI=1S/C13H12ClN3O/c14-11-6-4-10(5-7-11)9-16-13(18)17-12-3-1-2-8-15-12/h1-8H,9H2,(H2,15,16,17,18). The van der Waals surface area contributed by atoms with Gasteiger partial charge < -0.3 is 5.32 Å². The van der Waals surface area contributed by atoms with Gasteiger partial charge in [0, 0.05) is 17.8 Å². The molecule has 0 radical (unpaired) electrons. The molecule has 18 heavy (non-hydrogen) atoms. The summed E-state index contributed by atoms with van der Waals surface area (Å²) in [6, 6.07) is 12.3. The Hall–Kier alpha value is -2.07. The maximum absolute atomic E-state index is 11.6. The maximum Gasteiger partial charge on any atom is 0.320 e. The van der Waals surface area contributed by atoms with Crippen LogP contribution in [-0.2, 0) is 6.54 Å². The fourth-order valence-corrected chi connectivity index (χ4v) is 1.51. The molecule has 0 unspecified atom stereocenters. The van der Waals surface area contributed by atoms with Crippen molar-refractivity contribution in [2.75, 3.05) is 5.32 Å². The molecule has 4 nitrogen and oxygen atoms in total. The van der Waals surface area contributed by atoms with Crippen molar-refractivity contribution in [2.45, 2.75) is 6.54 Å². The molecule has 0 saturated heterocycles. The van der Waals surface area contributed by atoms with E-state index in [1.165, 1.54) is 0 Å². The van der Waals surface area contributed by atoms with Gasteiger partial charge in [0.05, 0.1) is 0 Å². The molecule has 0 bridgehead atoms. The van der Waals surface area contributed by atoms with Gasteiger partial charge in [-0.1, -0.05) is 29.8 Å². The highest BCUT2D eigenvalue weighted by molar-refractivity contribution is 6.30. The smallest absolute Gasteiger partial charge is 0.320 e. The first-order chi connectivity index (χ1) is 8.74. The molecule has 2 rings (SSSR count). The fraction of sp³-hybridized carbons (Fsp3) is 0.0769. The predicted octanol–water partition coefficient (Wildman–Crippen LogP) is 3.06. The van der Waals surface area contributed by atoms with Crippen LogP contribution in [0.5, 0.6) is 0 Å². The Labute approximate surface area is 110 Å². The van der Waals surface area contributed by atoms with E-state index in [9.17, 15) is 4.79 Å². The first kappa shape index (κ1) is 12.4. The molecule has 0 fully saturated rings. The highest BCUT2D eigenvalue weighted by atomic mass is 35.5. The van der Waals surface area contributed by atoms with Crippen LogP contribution in [0.25, 0.3) is 0 Å². The van der Waals surface area contributed by atoms with Gasteiger partial charge in [0.15, 0.2) is 0 Å². The number of hydrogen-bond donors (Lipinski definition) is 2. The number of carbonyl (C=O) groups is 1. The Balaban J connectivity index is 1.83. The van der Waals surface area contributed by atoms with Gasteiger partial charge in [-0.25, -0.2) is 9.78 Å². The largest absolute Gasteiger partial charge is 0.334 e. The number of aromatic nitrogens is 1. The Bertz CT molecular complexity index is 514. The van der Waals surface area contributed by atoms with E-state index in [1.807, 2.05) is 18.2 Å². The topological polar surface area (TPSA) is 54.0 Å². The number of rotatable bonds is 3. The Morgan fingerprint density at radius 3 is 2.61 bits per heavy atom. The number of pyridine rings is 1. The second kappa shape index (κ2) is 6.02. The van der Waals surface area contributed by atoms with Crippen molar-refractivity contribution in [3.05, 3.63) is 59.2 Å².